The topological polar surface area (TPSA) is 67.9 Å². The smallest absolute Gasteiger partial charge is 0.412 e. The number of methoxy groups -OCH3 is 1. The highest BCUT2D eigenvalue weighted by Gasteiger charge is 2.22. The van der Waals surface area contributed by atoms with Gasteiger partial charge in [0, 0.05) is 23.9 Å². The third-order valence-corrected chi connectivity index (χ3v) is 4.25. The molecule has 0 aromatic heterocycles. The molecular formula is C22H28N2O4. The first kappa shape index (κ1) is 21.3. The first-order chi connectivity index (χ1) is 13.1. The van der Waals surface area contributed by atoms with Crippen LogP contribution in [0, 0.1) is 0 Å². The van der Waals surface area contributed by atoms with Crippen molar-refractivity contribution < 1.29 is 19.1 Å². The number of hydrogen-bond acceptors (Lipinski definition) is 4. The van der Waals surface area contributed by atoms with Crippen molar-refractivity contribution in [2.75, 3.05) is 19.5 Å². The maximum absolute atomic E-state index is 13.0. The van der Waals surface area contributed by atoms with Crippen LogP contribution in [-0.4, -0.2) is 36.7 Å². The zero-order valence-corrected chi connectivity index (χ0v) is 17.3. The molecule has 0 saturated heterocycles. The van der Waals surface area contributed by atoms with E-state index >= 15 is 0 Å². The highest BCUT2D eigenvalue weighted by atomic mass is 16.6. The number of benzene rings is 2. The number of rotatable bonds is 5. The van der Waals surface area contributed by atoms with Crippen molar-refractivity contribution in [2.45, 2.75) is 39.3 Å². The molecule has 0 bridgehead atoms. The first-order valence-corrected chi connectivity index (χ1v) is 9.12. The van der Waals surface area contributed by atoms with Gasteiger partial charge in [0.1, 0.15) is 11.4 Å². The van der Waals surface area contributed by atoms with E-state index in [1.807, 2.05) is 31.2 Å². The predicted octanol–water partition coefficient (Wildman–Crippen LogP) is 4.88. The van der Waals surface area contributed by atoms with E-state index in [-0.39, 0.29) is 11.9 Å². The lowest BCUT2D eigenvalue weighted by Gasteiger charge is -2.27. The van der Waals surface area contributed by atoms with Gasteiger partial charge in [0.05, 0.1) is 13.2 Å². The number of anilines is 1. The van der Waals surface area contributed by atoms with Crippen molar-refractivity contribution in [3.8, 4) is 5.75 Å². The molecule has 1 N–H and O–H groups in total. The van der Waals surface area contributed by atoms with Gasteiger partial charge in [-0.15, -0.1) is 0 Å². The van der Waals surface area contributed by atoms with Crippen LogP contribution in [0.5, 0.6) is 5.75 Å². The zero-order valence-electron chi connectivity index (χ0n) is 17.3. The van der Waals surface area contributed by atoms with Gasteiger partial charge in [0.15, 0.2) is 0 Å². The summed E-state index contributed by atoms with van der Waals surface area (Å²) in [6.07, 6.45) is -0.562. The number of hydrogen-bond donors (Lipinski definition) is 1. The predicted molar refractivity (Wildman–Crippen MR) is 110 cm³/mol. The minimum absolute atomic E-state index is 0.161. The molecule has 0 saturated carbocycles. The Kier molecular flexibility index (Phi) is 6.67. The third kappa shape index (κ3) is 5.49. The van der Waals surface area contributed by atoms with Crippen LogP contribution in [0.15, 0.2) is 48.5 Å². The van der Waals surface area contributed by atoms with Crippen molar-refractivity contribution in [1.82, 2.24) is 4.90 Å². The second kappa shape index (κ2) is 8.78. The number of para-hydroxylation sites is 1. The lowest BCUT2D eigenvalue weighted by molar-refractivity contribution is 0.0634. The molecule has 0 aliphatic heterocycles. The molecule has 0 aliphatic carbocycles. The van der Waals surface area contributed by atoms with E-state index in [4.69, 9.17) is 9.47 Å². The summed E-state index contributed by atoms with van der Waals surface area (Å²) in [6.45, 7) is 7.32. The highest BCUT2D eigenvalue weighted by molar-refractivity contribution is 5.96. The molecule has 0 radical (unpaired) electrons. The van der Waals surface area contributed by atoms with Crippen LogP contribution >= 0.6 is 0 Å². The van der Waals surface area contributed by atoms with Gasteiger partial charge in [-0.25, -0.2) is 4.79 Å². The quantitative estimate of drug-likeness (QED) is 0.798. The van der Waals surface area contributed by atoms with Gasteiger partial charge in [-0.05, 0) is 52.0 Å². The zero-order chi connectivity index (χ0) is 20.9. The summed E-state index contributed by atoms with van der Waals surface area (Å²) >= 11 is 0. The van der Waals surface area contributed by atoms with Gasteiger partial charge in [0.2, 0.25) is 0 Å². The minimum Gasteiger partial charge on any atom is -0.496 e. The maximum Gasteiger partial charge on any atom is 0.412 e. The molecule has 28 heavy (non-hydrogen) atoms. The molecule has 1 unspecified atom stereocenters. The molecule has 2 rings (SSSR count). The lowest BCUT2D eigenvalue weighted by Crippen LogP contribution is -2.30. The van der Waals surface area contributed by atoms with Gasteiger partial charge in [0.25, 0.3) is 5.91 Å². The van der Waals surface area contributed by atoms with Crippen LogP contribution in [0.3, 0.4) is 0 Å². The van der Waals surface area contributed by atoms with Crippen molar-refractivity contribution in [2.24, 2.45) is 0 Å². The normalized spacial score (nSPS) is 12.1. The SMILES string of the molecule is COc1ccccc1C(C)N(C)C(=O)c1cccc(NC(=O)OC(C)(C)C)c1. The van der Waals surface area contributed by atoms with Gasteiger partial charge >= 0.3 is 6.09 Å². The van der Waals surface area contributed by atoms with E-state index in [9.17, 15) is 9.59 Å². The molecule has 6 heteroatoms. The molecule has 0 spiro atoms. The van der Waals surface area contributed by atoms with Crippen LogP contribution < -0.4 is 10.1 Å². The van der Waals surface area contributed by atoms with Crippen molar-refractivity contribution >= 4 is 17.7 Å². The van der Waals surface area contributed by atoms with E-state index in [1.165, 1.54) is 0 Å². The Morgan fingerprint density at radius 3 is 2.39 bits per heavy atom. The van der Waals surface area contributed by atoms with Crippen molar-refractivity contribution in [3.05, 3.63) is 59.7 Å². The highest BCUT2D eigenvalue weighted by Crippen LogP contribution is 2.29. The first-order valence-electron chi connectivity index (χ1n) is 9.12. The Hall–Kier alpha value is -3.02. The fourth-order valence-electron chi connectivity index (χ4n) is 2.75. The van der Waals surface area contributed by atoms with E-state index in [0.29, 0.717) is 11.3 Å². The molecule has 2 amide bonds. The number of amides is 2. The van der Waals surface area contributed by atoms with Gasteiger partial charge in [-0.3, -0.25) is 10.1 Å². The number of nitrogens with zero attached hydrogens (tertiary/aromatic N) is 1. The Morgan fingerprint density at radius 2 is 1.75 bits per heavy atom. The summed E-state index contributed by atoms with van der Waals surface area (Å²) in [7, 11) is 3.35. The molecule has 2 aromatic rings. The molecule has 0 aliphatic rings. The van der Waals surface area contributed by atoms with Gasteiger partial charge in [-0.2, -0.15) is 0 Å². The number of ether oxygens (including phenoxy) is 2. The fraction of sp³-hybridized carbons (Fsp3) is 0.364. The molecule has 150 valence electrons. The largest absolute Gasteiger partial charge is 0.496 e. The van der Waals surface area contributed by atoms with E-state index in [1.54, 1.807) is 64.1 Å². The fourth-order valence-corrected chi connectivity index (χ4v) is 2.75. The minimum atomic E-state index is -0.595. The summed E-state index contributed by atoms with van der Waals surface area (Å²) in [4.78, 5) is 26.6. The standard InChI is InChI=1S/C22H28N2O4/c1-15(18-12-7-8-13-19(18)27-6)24(5)20(25)16-10-9-11-17(14-16)23-21(26)28-22(2,3)4/h7-15H,1-6H3,(H,23,26). The molecule has 0 fully saturated rings. The summed E-state index contributed by atoms with van der Waals surface area (Å²) in [5.74, 6) is 0.571. The number of nitrogens with one attached hydrogen (secondary N) is 1. The second-order valence-electron chi connectivity index (χ2n) is 7.54. The molecular weight excluding hydrogens is 356 g/mol. The van der Waals surface area contributed by atoms with Crippen LogP contribution in [0.25, 0.3) is 0 Å². The third-order valence-electron chi connectivity index (χ3n) is 4.25. The van der Waals surface area contributed by atoms with E-state index < -0.39 is 11.7 Å². The van der Waals surface area contributed by atoms with Crippen molar-refractivity contribution in [3.63, 3.8) is 0 Å². The van der Waals surface area contributed by atoms with Crippen LogP contribution in [0.1, 0.15) is 49.7 Å². The van der Waals surface area contributed by atoms with Gasteiger partial charge in [-0.1, -0.05) is 24.3 Å². The molecule has 1 atom stereocenters. The number of carbonyl (C=O) groups excluding carboxylic acids is 2. The van der Waals surface area contributed by atoms with E-state index in [2.05, 4.69) is 5.32 Å². The van der Waals surface area contributed by atoms with Crippen LogP contribution in [-0.2, 0) is 4.74 Å². The van der Waals surface area contributed by atoms with Crippen LogP contribution in [0.2, 0.25) is 0 Å². The average molecular weight is 384 g/mol. The summed E-state index contributed by atoms with van der Waals surface area (Å²) in [5, 5.41) is 2.66. The monoisotopic (exact) mass is 384 g/mol. The Bertz CT molecular complexity index is 842. The second-order valence-corrected chi connectivity index (χ2v) is 7.54. The van der Waals surface area contributed by atoms with Crippen LogP contribution in [0.4, 0.5) is 10.5 Å². The molecule has 6 nitrogen and oxygen atoms in total. The Labute approximate surface area is 166 Å². The summed E-state index contributed by atoms with van der Waals surface area (Å²) in [6, 6.07) is 14.2. The summed E-state index contributed by atoms with van der Waals surface area (Å²) < 4.78 is 10.7. The van der Waals surface area contributed by atoms with Gasteiger partial charge < -0.3 is 14.4 Å². The average Bonchev–Trinajstić information content (AvgIpc) is 2.64. The maximum atomic E-state index is 13.0. The number of carbonyl (C=O) groups is 2. The van der Waals surface area contributed by atoms with Crippen molar-refractivity contribution in [1.29, 1.82) is 0 Å². The van der Waals surface area contributed by atoms with E-state index in [0.717, 1.165) is 11.3 Å². The molecule has 2 aromatic carbocycles. The molecule has 0 heterocycles. The lowest BCUT2D eigenvalue weighted by atomic mass is 10.0. The summed E-state index contributed by atoms with van der Waals surface area (Å²) in [5.41, 5.74) is 1.29. The Balaban J connectivity index is 2.16. The Morgan fingerprint density at radius 1 is 1.07 bits per heavy atom.